The fourth-order valence-corrected chi connectivity index (χ4v) is 6.12. The van der Waals surface area contributed by atoms with Gasteiger partial charge in [-0.15, -0.1) is 0 Å². The number of benzene rings is 1. The van der Waals surface area contributed by atoms with Gasteiger partial charge in [0.15, 0.2) is 0 Å². The fourth-order valence-electron chi connectivity index (χ4n) is 5.06. The first-order valence-electron chi connectivity index (χ1n) is 13.0. The highest BCUT2D eigenvalue weighted by Gasteiger charge is 2.27. The number of hydrogen-bond acceptors (Lipinski definition) is 2. The van der Waals surface area contributed by atoms with E-state index in [9.17, 15) is 4.79 Å². The summed E-state index contributed by atoms with van der Waals surface area (Å²) >= 11 is 2.61. The van der Waals surface area contributed by atoms with Crippen LogP contribution in [0.25, 0.3) is 0 Å². The minimum atomic E-state index is -0.0161. The summed E-state index contributed by atoms with van der Waals surface area (Å²) in [5, 5.41) is 0. The van der Waals surface area contributed by atoms with Gasteiger partial charge in [0.2, 0.25) is 0 Å². The summed E-state index contributed by atoms with van der Waals surface area (Å²) in [6.45, 7) is 6.79. The van der Waals surface area contributed by atoms with E-state index in [0.29, 0.717) is 11.7 Å². The molecular formula is C28H45IO2. The number of carbonyl (C=O) groups is 1. The lowest BCUT2D eigenvalue weighted by molar-refractivity contribution is -0.140. The summed E-state index contributed by atoms with van der Waals surface area (Å²) in [6, 6.07) is 8.36. The van der Waals surface area contributed by atoms with Gasteiger partial charge in [-0.3, -0.25) is 4.79 Å². The first kappa shape index (κ1) is 26.7. The normalized spacial score (nSPS) is 20.9. The van der Waals surface area contributed by atoms with Crippen LogP contribution in [0.3, 0.4) is 0 Å². The monoisotopic (exact) mass is 540 g/mol. The number of ether oxygens (including phenoxy) is 1. The average Bonchev–Trinajstić information content (AvgIpc) is 2.78. The molecular weight excluding hydrogens is 495 g/mol. The highest BCUT2D eigenvalue weighted by atomic mass is 127. The molecule has 0 N–H and O–H groups in total. The van der Waals surface area contributed by atoms with Crippen molar-refractivity contribution in [3.05, 3.63) is 29.8 Å². The molecule has 31 heavy (non-hydrogen) atoms. The molecule has 0 aliphatic heterocycles. The Morgan fingerprint density at radius 3 is 2.19 bits per heavy atom. The number of alkyl halides is 1. The maximum atomic E-state index is 12.7. The molecule has 3 heteroatoms. The number of esters is 1. The molecule has 1 aliphatic rings. The zero-order valence-corrected chi connectivity index (χ0v) is 22.4. The van der Waals surface area contributed by atoms with E-state index in [-0.39, 0.29) is 11.9 Å². The van der Waals surface area contributed by atoms with Crippen molar-refractivity contribution in [2.45, 2.75) is 121 Å². The van der Waals surface area contributed by atoms with Crippen molar-refractivity contribution in [3.63, 3.8) is 0 Å². The molecule has 0 radical (unpaired) electrons. The van der Waals surface area contributed by atoms with Crippen LogP contribution in [0.15, 0.2) is 24.3 Å². The molecule has 1 aromatic carbocycles. The number of halogens is 1. The van der Waals surface area contributed by atoms with E-state index in [4.69, 9.17) is 4.74 Å². The van der Waals surface area contributed by atoms with Crippen LogP contribution in [0.4, 0.5) is 0 Å². The van der Waals surface area contributed by atoms with Crippen LogP contribution in [0.1, 0.15) is 122 Å². The van der Waals surface area contributed by atoms with E-state index in [1.807, 2.05) is 12.1 Å². The molecule has 176 valence electrons. The third kappa shape index (κ3) is 9.84. The largest absolute Gasteiger partial charge is 0.426 e. The van der Waals surface area contributed by atoms with Gasteiger partial charge in [-0.1, -0.05) is 94.0 Å². The first-order chi connectivity index (χ1) is 15.1. The topological polar surface area (TPSA) is 26.3 Å². The highest BCUT2D eigenvalue weighted by Crippen LogP contribution is 2.34. The summed E-state index contributed by atoms with van der Waals surface area (Å²) in [4.78, 5) is 12.7. The Balaban J connectivity index is 1.74. The van der Waals surface area contributed by atoms with Crippen molar-refractivity contribution >= 4 is 28.6 Å². The first-order valence-corrected chi connectivity index (χ1v) is 14.3. The smallest absolute Gasteiger partial charge is 0.314 e. The zero-order chi connectivity index (χ0) is 22.5. The van der Waals surface area contributed by atoms with Crippen LogP contribution >= 0.6 is 22.6 Å². The molecule has 1 fully saturated rings. The molecule has 1 saturated carbocycles. The minimum Gasteiger partial charge on any atom is -0.426 e. The van der Waals surface area contributed by atoms with Gasteiger partial charge in [-0.05, 0) is 80.9 Å². The Kier molecular flexibility index (Phi) is 13.2. The van der Waals surface area contributed by atoms with Crippen molar-refractivity contribution in [2.75, 3.05) is 0 Å². The lowest BCUT2D eigenvalue weighted by Gasteiger charge is -2.27. The van der Waals surface area contributed by atoms with E-state index in [1.54, 1.807) is 0 Å². The Labute approximate surface area is 205 Å². The van der Waals surface area contributed by atoms with Crippen LogP contribution in [0.5, 0.6) is 5.75 Å². The Morgan fingerprint density at radius 1 is 0.903 bits per heavy atom. The van der Waals surface area contributed by atoms with Gasteiger partial charge in [-0.25, -0.2) is 0 Å². The highest BCUT2D eigenvalue weighted by molar-refractivity contribution is 14.1. The van der Waals surface area contributed by atoms with Crippen LogP contribution in [-0.2, 0) is 4.79 Å². The molecule has 0 saturated heterocycles. The zero-order valence-electron chi connectivity index (χ0n) is 20.2. The van der Waals surface area contributed by atoms with Crippen molar-refractivity contribution < 1.29 is 9.53 Å². The summed E-state index contributed by atoms with van der Waals surface area (Å²) in [7, 11) is 0. The van der Waals surface area contributed by atoms with E-state index in [1.165, 1.54) is 82.6 Å². The maximum absolute atomic E-state index is 12.7. The summed E-state index contributed by atoms with van der Waals surface area (Å²) in [6.07, 6.45) is 17.3. The van der Waals surface area contributed by atoms with Crippen molar-refractivity contribution in [1.29, 1.82) is 0 Å². The van der Waals surface area contributed by atoms with E-state index in [0.717, 1.165) is 22.7 Å². The summed E-state index contributed by atoms with van der Waals surface area (Å²) < 4.78 is 6.60. The molecule has 0 amide bonds. The molecule has 1 aliphatic carbocycles. The fraction of sp³-hybridized carbons (Fsp3) is 0.750. The standard InChI is InChI=1S/C28H45IO2/c1-4-7-12-23(9-5-2)24-18-20-27(21-19-24)31-28(30)25-16-14-22(15-17-25)11-8-13-26(29)10-6-3/h18-23,25-26H,4-17H2,1-3H3. The van der Waals surface area contributed by atoms with E-state index >= 15 is 0 Å². The third-order valence-electron chi connectivity index (χ3n) is 7.02. The molecule has 2 rings (SSSR count). The van der Waals surface area contributed by atoms with Gasteiger partial charge in [0.05, 0.1) is 5.92 Å². The van der Waals surface area contributed by atoms with Crippen LogP contribution in [-0.4, -0.2) is 9.89 Å². The Morgan fingerprint density at radius 2 is 1.58 bits per heavy atom. The van der Waals surface area contributed by atoms with Crippen molar-refractivity contribution in [1.82, 2.24) is 0 Å². The van der Waals surface area contributed by atoms with Gasteiger partial charge >= 0.3 is 5.97 Å². The van der Waals surface area contributed by atoms with Gasteiger partial charge in [-0.2, -0.15) is 0 Å². The summed E-state index contributed by atoms with van der Waals surface area (Å²) in [5.74, 6) is 2.23. The third-order valence-corrected chi connectivity index (χ3v) is 8.27. The molecule has 0 heterocycles. The second kappa shape index (κ2) is 15.3. The number of rotatable bonds is 14. The van der Waals surface area contributed by atoms with E-state index < -0.39 is 0 Å². The minimum absolute atomic E-state index is 0.0161. The molecule has 0 aromatic heterocycles. The average molecular weight is 541 g/mol. The molecule has 2 unspecified atom stereocenters. The van der Waals surface area contributed by atoms with Crippen LogP contribution in [0.2, 0.25) is 0 Å². The molecule has 1 aromatic rings. The molecule has 0 bridgehead atoms. The predicted octanol–water partition coefficient (Wildman–Crippen LogP) is 9.25. The van der Waals surface area contributed by atoms with Gasteiger partial charge in [0, 0.05) is 3.92 Å². The number of unbranched alkanes of at least 4 members (excludes halogenated alkanes) is 1. The Hall–Kier alpha value is -0.580. The molecule has 2 nitrogen and oxygen atoms in total. The Bertz CT molecular complexity index is 604. The SMILES string of the molecule is CCCCC(CCC)c1ccc(OC(=O)C2CCC(CCCC(I)CCC)CC2)cc1. The van der Waals surface area contributed by atoms with Gasteiger partial charge < -0.3 is 4.74 Å². The second-order valence-electron chi connectivity index (χ2n) is 9.65. The molecule has 2 atom stereocenters. The van der Waals surface area contributed by atoms with Crippen molar-refractivity contribution in [3.8, 4) is 5.75 Å². The van der Waals surface area contributed by atoms with Crippen molar-refractivity contribution in [2.24, 2.45) is 11.8 Å². The summed E-state index contributed by atoms with van der Waals surface area (Å²) in [5.41, 5.74) is 1.39. The van der Waals surface area contributed by atoms with Gasteiger partial charge in [0.25, 0.3) is 0 Å². The van der Waals surface area contributed by atoms with E-state index in [2.05, 4.69) is 55.5 Å². The second-order valence-corrected chi connectivity index (χ2v) is 11.4. The molecule has 0 spiro atoms. The number of carbonyl (C=O) groups excluding carboxylic acids is 1. The van der Waals surface area contributed by atoms with Crippen LogP contribution < -0.4 is 4.74 Å². The lowest BCUT2D eigenvalue weighted by atomic mass is 9.80. The van der Waals surface area contributed by atoms with Gasteiger partial charge in [0.1, 0.15) is 5.75 Å². The quantitative estimate of drug-likeness (QED) is 0.102. The lowest BCUT2D eigenvalue weighted by Crippen LogP contribution is -2.25. The maximum Gasteiger partial charge on any atom is 0.314 e. The predicted molar refractivity (Wildman–Crippen MR) is 141 cm³/mol. The van der Waals surface area contributed by atoms with Crippen LogP contribution in [0, 0.1) is 11.8 Å². The number of hydrogen-bond donors (Lipinski definition) is 0.